The number of benzene rings is 1. The van der Waals surface area contributed by atoms with Gasteiger partial charge in [-0.3, -0.25) is 14.3 Å². The average molecular weight is 355 g/mol. The molecule has 0 N–H and O–H groups in total. The van der Waals surface area contributed by atoms with Gasteiger partial charge in [0.05, 0.1) is 5.69 Å². The number of hydrogen-bond acceptors (Lipinski definition) is 2. The van der Waals surface area contributed by atoms with Crippen LogP contribution >= 0.6 is 0 Å². The normalized spacial score (nSPS) is 12.3. The zero-order valence-electron chi connectivity index (χ0n) is 14.5. The first-order valence-corrected chi connectivity index (χ1v) is 7.63. The summed E-state index contributed by atoms with van der Waals surface area (Å²) < 4.78 is 41.1. The van der Waals surface area contributed by atoms with Gasteiger partial charge in [0, 0.05) is 37.8 Å². The highest BCUT2D eigenvalue weighted by Gasteiger charge is 2.45. The number of carbonyl (C=O) groups is 1. The van der Waals surface area contributed by atoms with E-state index in [-0.39, 0.29) is 12.0 Å². The Morgan fingerprint density at radius 3 is 2.24 bits per heavy atom. The lowest BCUT2D eigenvalue weighted by Gasteiger charge is -2.36. The Balaban J connectivity index is 2.35. The molecule has 0 aliphatic carbocycles. The number of amides is 1. The van der Waals surface area contributed by atoms with Gasteiger partial charge < -0.3 is 4.90 Å². The quantitative estimate of drug-likeness (QED) is 0.846. The highest BCUT2D eigenvalue weighted by Crippen LogP contribution is 2.25. The summed E-state index contributed by atoms with van der Waals surface area (Å²) in [7, 11) is 2.77. The highest BCUT2D eigenvalue weighted by molar-refractivity contribution is 5.82. The van der Waals surface area contributed by atoms with Crippen molar-refractivity contribution in [1.82, 2.24) is 14.3 Å². The molecule has 0 saturated carbocycles. The molecule has 1 aromatic heterocycles. The summed E-state index contributed by atoms with van der Waals surface area (Å²) in [5.74, 6) is -1.91. The Hall–Kier alpha value is -2.51. The molecular formula is C17H20F3N3O2. The minimum absolute atomic E-state index is 0.0941. The number of alkyl halides is 3. The topological polar surface area (TPSA) is 47.2 Å². The Labute approximate surface area is 143 Å². The Morgan fingerprint density at radius 2 is 1.72 bits per heavy atom. The van der Waals surface area contributed by atoms with E-state index in [1.165, 1.54) is 24.6 Å². The highest BCUT2D eigenvalue weighted by atomic mass is 19.4. The molecular weight excluding hydrogens is 335 g/mol. The van der Waals surface area contributed by atoms with Crippen LogP contribution in [-0.2, 0) is 18.3 Å². The van der Waals surface area contributed by atoms with E-state index in [9.17, 15) is 22.8 Å². The van der Waals surface area contributed by atoms with Crippen LogP contribution in [0.2, 0.25) is 0 Å². The lowest BCUT2D eigenvalue weighted by molar-refractivity contribution is -0.188. The second-order valence-corrected chi connectivity index (χ2v) is 6.50. The number of carbonyl (C=O) groups excluding carboxylic acids is 1. The van der Waals surface area contributed by atoms with Gasteiger partial charge in [0.2, 0.25) is 0 Å². The molecule has 0 spiro atoms. The lowest BCUT2D eigenvalue weighted by Crippen LogP contribution is -2.51. The Morgan fingerprint density at radius 1 is 1.16 bits per heavy atom. The molecule has 2 aromatic rings. The van der Waals surface area contributed by atoms with Crippen molar-refractivity contribution in [1.29, 1.82) is 0 Å². The van der Waals surface area contributed by atoms with Crippen molar-refractivity contribution in [2.75, 3.05) is 7.05 Å². The number of hydrogen-bond donors (Lipinski definition) is 0. The summed E-state index contributed by atoms with van der Waals surface area (Å²) in [5, 5.41) is 0. The number of aromatic nitrogens is 2. The number of halogens is 3. The maximum atomic E-state index is 12.7. The van der Waals surface area contributed by atoms with Crippen LogP contribution in [0.25, 0.3) is 5.69 Å². The van der Waals surface area contributed by atoms with Crippen LogP contribution in [0.4, 0.5) is 13.2 Å². The Bertz CT molecular complexity index is 820. The number of rotatable bonds is 4. The van der Waals surface area contributed by atoms with Crippen LogP contribution in [-0.4, -0.2) is 38.9 Å². The minimum Gasteiger partial charge on any atom is -0.332 e. The SMILES string of the molecule is CN(C(=O)C(F)(F)F)C(C)(C)Cc1cc(=O)n(-c2ccccc2)n1C. The summed E-state index contributed by atoms with van der Waals surface area (Å²) >= 11 is 0. The molecule has 0 unspecified atom stereocenters. The molecule has 2 rings (SSSR count). The summed E-state index contributed by atoms with van der Waals surface area (Å²) in [6, 6.07) is 10.3. The van der Waals surface area contributed by atoms with Crippen molar-refractivity contribution < 1.29 is 18.0 Å². The summed E-state index contributed by atoms with van der Waals surface area (Å²) in [6.07, 6.45) is -4.84. The van der Waals surface area contributed by atoms with Gasteiger partial charge >= 0.3 is 12.1 Å². The van der Waals surface area contributed by atoms with Crippen LogP contribution in [0.5, 0.6) is 0 Å². The van der Waals surface area contributed by atoms with Crippen molar-refractivity contribution in [3.63, 3.8) is 0 Å². The third-order valence-corrected chi connectivity index (χ3v) is 4.28. The van der Waals surface area contributed by atoms with Crippen molar-refractivity contribution in [2.45, 2.75) is 32.0 Å². The van der Waals surface area contributed by atoms with Crippen LogP contribution in [0.15, 0.2) is 41.2 Å². The van der Waals surface area contributed by atoms with Gasteiger partial charge in [-0.2, -0.15) is 13.2 Å². The standard InChI is InChI=1S/C17H20F3N3O2/c1-16(2,21(3)15(25)17(18,19)20)11-13-10-14(24)23(22(13)4)12-8-6-5-7-9-12/h5-10H,11H2,1-4H3. The molecule has 0 radical (unpaired) electrons. The van der Waals surface area contributed by atoms with Gasteiger partial charge in [0.15, 0.2) is 0 Å². The van der Waals surface area contributed by atoms with Crippen molar-refractivity contribution in [2.24, 2.45) is 7.05 Å². The summed E-state index contributed by atoms with van der Waals surface area (Å²) in [6.45, 7) is 3.06. The molecule has 0 atom stereocenters. The van der Waals surface area contributed by atoms with E-state index in [1.54, 1.807) is 36.0 Å². The van der Waals surface area contributed by atoms with E-state index in [0.717, 1.165) is 7.05 Å². The van der Waals surface area contributed by atoms with E-state index >= 15 is 0 Å². The lowest BCUT2D eigenvalue weighted by atomic mass is 9.96. The van der Waals surface area contributed by atoms with E-state index in [2.05, 4.69) is 0 Å². The van der Waals surface area contributed by atoms with Gasteiger partial charge in [-0.15, -0.1) is 0 Å². The maximum Gasteiger partial charge on any atom is 0.471 e. The van der Waals surface area contributed by atoms with Crippen LogP contribution in [0, 0.1) is 0 Å². The van der Waals surface area contributed by atoms with Crippen LogP contribution < -0.4 is 5.56 Å². The average Bonchev–Trinajstić information content (AvgIpc) is 2.79. The fourth-order valence-corrected chi connectivity index (χ4v) is 2.64. The second kappa shape index (κ2) is 6.42. The second-order valence-electron chi connectivity index (χ2n) is 6.50. The number of likely N-dealkylation sites (N-methyl/N-ethyl adjacent to an activating group) is 1. The molecule has 8 heteroatoms. The third-order valence-electron chi connectivity index (χ3n) is 4.28. The molecule has 0 saturated heterocycles. The van der Waals surface area contributed by atoms with Gasteiger partial charge in [0.25, 0.3) is 5.56 Å². The molecule has 136 valence electrons. The number of para-hydroxylation sites is 1. The third kappa shape index (κ3) is 3.78. The van der Waals surface area contributed by atoms with E-state index in [0.29, 0.717) is 16.3 Å². The zero-order chi connectivity index (χ0) is 19.0. The molecule has 1 heterocycles. The molecule has 0 fully saturated rings. The minimum atomic E-state index is -4.94. The first kappa shape index (κ1) is 18.8. The smallest absolute Gasteiger partial charge is 0.332 e. The zero-order valence-corrected chi connectivity index (χ0v) is 14.5. The fraction of sp³-hybridized carbons (Fsp3) is 0.412. The molecule has 0 aliphatic heterocycles. The van der Waals surface area contributed by atoms with Crippen LogP contribution in [0.3, 0.4) is 0 Å². The van der Waals surface area contributed by atoms with Crippen molar-refractivity contribution in [3.05, 3.63) is 52.4 Å². The van der Waals surface area contributed by atoms with Gasteiger partial charge in [-0.1, -0.05) is 18.2 Å². The fourth-order valence-electron chi connectivity index (χ4n) is 2.64. The molecule has 25 heavy (non-hydrogen) atoms. The predicted octanol–water partition coefficient (Wildman–Crippen LogP) is 2.52. The molecule has 0 bridgehead atoms. The van der Waals surface area contributed by atoms with E-state index < -0.39 is 17.6 Å². The molecule has 1 aromatic carbocycles. The van der Waals surface area contributed by atoms with Crippen molar-refractivity contribution >= 4 is 5.91 Å². The molecule has 0 aliphatic rings. The summed E-state index contributed by atoms with van der Waals surface area (Å²) in [5.41, 5.74) is -0.233. The van der Waals surface area contributed by atoms with Gasteiger partial charge in [-0.25, -0.2) is 4.68 Å². The first-order chi connectivity index (χ1) is 11.4. The van der Waals surface area contributed by atoms with E-state index in [1.807, 2.05) is 6.07 Å². The first-order valence-electron chi connectivity index (χ1n) is 7.63. The maximum absolute atomic E-state index is 12.7. The monoisotopic (exact) mass is 355 g/mol. The predicted molar refractivity (Wildman–Crippen MR) is 87.6 cm³/mol. The number of nitrogens with zero attached hydrogens (tertiary/aromatic N) is 3. The van der Waals surface area contributed by atoms with Crippen LogP contribution in [0.1, 0.15) is 19.5 Å². The largest absolute Gasteiger partial charge is 0.471 e. The molecule has 1 amide bonds. The molecule has 5 nitrogen and oxygen atoms in total. The van der Waals surface area contributed by atoms with Crippen molar-refractivity contribution in [3.8, 4) is 5.69 Å². The Kier molecular flexibility index (Phi) is 4.83. The summed E-state index contributed by atoms with van der Waals surface area (Å²) in [4.78, 5) is 24.5. The van der Waals surface area contributed by atoms with Gasteiger partial charge in [0.1, 0.15) is 0 Å². The van der Waals surface area contributed by atoms with E-state index in [4.69, 9.17) is 0 Å². The van der Waals surface area contributed by atoms with Gasteiger partial charge in [-0.05, 0) is 26.0 Å².